The molecule has 2 rings (SSSR count). The predicted octanol–water partition coefficient (Wildman–Crippen LogP) is 2.31. The molecule has 0 fully saturated rings. The number of furan rings is 1. The van der Waals surface area contributed by atoms with Gasteiger partial charge in [0, 0.05) is 17.0 Å². The first-order valence-electron chi connectivity index (χ1n) is 7.34. The summed E-state index contributed by atoms with van der Waals surface area (Å²) in [6.45, 7) is 7.71. The molecule has 0 bridgehead atoms. The molecule has 5 nitrogen and oxygen atoms in total. The number of nitrogens with zero attached hydrogens (tertiary/aromatic N) is 1. The molecule has 0 aliphatic heterocycles. The molecule has 0 saturated carbocycles. The first-order valence-corrected chi connectivity index (χ1v) is 7.34. The molecular weight excluding hydrogens is 280 g/mol. The Morgan fingerprint density at radius 2 is 1.86 bits per heavy atom. The van der Waals surface area contributed by atoms with Gasteiger partial charge in [0.25, 0.3) is 0 Å². The number of carbonyl (C=O) groups is 2. The second-order valence-corrected chi connectivity index (χ2v) is 5.95. The number of carbonyl (C=O) groups excluding carboxylic acids is 2. The summed E-state index contributed by atoms with van der Waals surface area (Å²) < 4.78 is 5.54. The molecule has 2 aromatic rings. The maximum Gasteiger partial charge on any atom is 0.237 e. The Balaban J connectivity index is 2.27. The van der Waals surface area contributed by atoms with Crippen LogP contribution in [0.2, 0.25) is 0 Å². The molecule has 1 heterocycles. The fraction of sp³-hybridized carbons (Fsp3) is 0.412. The lowest BCUT2D eigenvalue weighted by Gasteiger charge is -2.25. The van der Waals surface area contributed by atoms with Crippen molar-refractivity contribution in [2.45, 2.75) is 40.2 Å². The smallest absolute Gasteiger partial charge is 0.237 e. The first kappa shape index (κ1) is 16.1. The minimum Gasteiger partial charge on any atom is -0.464 e. The van der Waals surface area contributed by atoms with Gasteiger partial charge >= 0.3 is 0 Å². The number of aryl methyl sites for hydroxylation is 2. The molecule has 1 aromatic heterocycles. The standard InChI is InChI=1S/C17H22N2O3/c1-10(2)19(8-16(18)20)17(21)7-13-9-22-15-6-12(4)11(3)5-14(13)15/h5-6,9-10H,7-8H2,1-4H3,(H2,18,20). The van der Waals surface area contributed by atoms with Crippen LogP contribution in [0.4, 0.5) is 0 Å². The van der Waals surface area contributed by atoms with Crippen molar-refractivity contribution >= 4 is 22.8 Å². The molecule has 1 aromatic carbocycles. The Morgan fingerprint density at radius 3 is 2.45 bits per heavy atom. The zero-order valence-electron chi connectivity index (χ0n) is 13.5. The normalized spacial score (nSPS) is 11.1. The Hall–Kier alpha value is -2.30. The molecule has 22 heavy (non-hydrogen) atoms. The van der Waals surface area contributed by atoms with Gasteiger partial charge < -0.3 is 15.1 Å². The van der Waals surface area contributed by atoms with Crippen LogP contribution in [-0.2, 0) is 16.0 Å². The number of hydrogen-bond acceptors (Lipinski definition) is 3. The topological polar surface area (TPSA) is 76.5 Å². The highest BCUT2D eigenvalue weighted by Gasteiger charge is 2.21. The summed E-state index contributed by atoms with van der Waals surface area (Å²) in [6, 6.07) is 3.93. The van der Waals surface area contributed by atoms with Gasteiger partial charge in [-0.15, -0.1) is 0 Å². The molecule has 0 saturated heterocycles. The highest BCUT2D eigenvalue weighted by Crippen LogP contribution is 2.25. The van der Waals surface area contributed by atoms with Gasteiger partial charge in [0.05, 0.1) is 19.2 Å². The summed E-state index contributed by atoms with van der Waals surface area (Å²) in [4.78, 5) is 25.1. The van der Waals surface area contributed by atoms with Crippen molar-refractivity contribution in [3.8, 4) is 0 Å². The number of rotatable bonds is 5. The van der Waals surface area contributed by atoms with Gasteiger partial charge in [-0.25, -0.2) is 0 Å². The monoisotopic (exact) mass is 302 g/mol. The van der Waals surface area contributed by atoms with Gasteiger partial charge in [-0.2, -0.15) is 0 Å². The van der Waals surface area contributed by atoms with Gasteiger partial charge in [-0.05, 0) is 51.0 Å². The van der Waals surface area contributed by atoms with E-state index in [0.717, 1.165) is 27.7 Å². The summed E-state index contributed by atoms with van der Waals surface area (Å²) in [7, 11) is 0. The van der Waals surface area contributed by atoms with Crippen molar-refractivity contribution in [3.05, 3.63) is 35.1 Å². The number of hydrogen-bond donors (Lipinski definition) is 1. The molecule has 118 valence electrons. The van der Waals surface area contributed by atoms with Crippen molar-refractivity contribution in [2.75, 3.05) is 6.54 Å². The molecule has 2 N–H and O–H groups in total. The third-order valence-corrected chi connectivity index (χ3v) is 3.88. The zero-order valence-corrected chi connectivity index (χ0v) is 13.5. The quantitative estimate of drug-likeness (QED) is 0.920. The molecule has 0 aliphatic carbocycles. The van der Waals surface area contributed by atoms with Crippen LogP contribution in [0.3, 0.4) is 0 Å². The maximum atomic E-state index is 12.5. The molecule has 0 radical (unpaired) electrons. The fourth-order valence-corrected chi connectivity index (χ4v) is 2.46. The third kappa shape index (κ3) is 3.30. The Bertz CT molecular complexity index is 716. The largest absolute Gasteiger partial charge is 0.464 e. The molecule has 5 heteroatoms. The lowest BCUT2D eigenvalue weighted by molar-refractivity contribution is -0.136. The summed E-state index contributed by atoms with van der Waals surface area (Å²) >= 11 is 0. The van der Waals surface area contributed by atoms with Crippen molar-refractivity contribution in [1.29, 1.82) is 0 Å². The van der Waals surface area contributed by atoms with Gasteiger partial charge in [-0.3, -0.25) is 9.59 Å². The van der Waals surface area contributed by atoms with E-state index in [1.54, 1.807) is 6.26 Å². The van der Waals surface area contributed by atoms with Crippen LogP contribution >= 0.6 is 0 Å². The SMILES string of the molecule is Cc1cc2occ(CC(=O)N(CC(N)=O)C(C)C)c2cc1C. The van der Waals surface area contributed by atoms with Gasteiger partial charge in [0.15, 0.2) is 0 Å². The Kier molecular flexibility index (Phi) is 4.54. The van der Waals surface area contributed by atoms with E-state index in [1.165, 1.54) is 4.90 Å². The number of benzene rings is 1. The van der Waals surface area contributed by atoms with Crippen LogP contribution in [0.15, 0.2) is 22.8 Å². The number of amides is 2. The van der Waals surface area contributed by atoms with Crippen molar-refractivity contribution in [2.24, 2.45) is 5.73 Å². The molecule has 0 unspecified atom stereocenters. The Labute approximate surface area is 130 Å². The van der Waals surface area contributed by atoms with E-state index in [9.17, 15) is 9.59 Å². The highest BCUT2D eigenvalue weighted by atomic mass is 16.3. The molecule has 2 amide bonds. The molecular formula is C17H22N2O3. The summed E-state index contributed by atoms with van der Waals surface area (Å²) in [5.41, 5.74) is 9.13. The number of fused-ring (bicyclic) bond motifs is 1. The third-order valence-electron chi connectivity index (χ3n) is 3.88. The van der Waals surface area contributed by atoms with E-state index in [0.29, 0.717) is 0 Å². The average Bonchev–Trinajstić information content (AvgIpc) is 2.78. The van der Waals surface area contributed by atoms with Crippen LogP contribution in [-0.4, -0.2) is 29.3 Å². The van der Waals surface area contributed by atoms with Crippen LogP contribution in [0.25, 0.3) is 11.0 Å². The van der Waals surface area contributed by atoms with Gasteiger partial charge in [0.1, 0.15) is 5.58 Å². The average molecular weight is 302 g/mol. The van der Waals surface area contributed by atoms with Crippen LogP contribution < -0.4 is 5.73 Å². The lowest BCUT2D eigenvalue weighted by atomic mass is 10.0. The fourth-order valence-electron chi connectivity index (χ4n) is 2.46. The van der Waals surface area contributed by atoms with Gasteiger partial charge in [0.2, 0.25) is 11.8 Å². The van der Waals surface area contributed by atoms with Crippen LogP contribution in [0.5, 0.6) is 0 Å². The summed E-state index contributed by atoms with van der Waals surface area (Å²) in [5, 5.41) is 0.944. The zero-order chi connectivity index (χ0) is 16.4. The number of nitrogens with two attached hydrogens (primary N) is 1. The van der Waals surface area contributed by atoms with Crippen LogP contribution in [0, 0.1) is 13.8 Å². The van der Waals surface area contributed by atoms with E-state index in [-0.39, 0.29) is 24.9 Å². The van der Waals surface area contributed by atoms with E-state index >= 15 is 0 Å². The second-order valence-electron chi connectivity index (χ2n) is 5.95. The van der Waals surface area contributed by atoms with E-state index < -0.39 is 5.91 Å². The van der Waals surface area contributed by atoms with E-state index in [2.05, 4.69) is 0 Å². The summed E-state index contributed by atoms with van der Waals surface area (Å²) in [5.74, 6) is -0.639. The maximum absolute atomic E-state index is 12.5. The Morgan fingerprint density at radius 1 is 1.23 bits per heavy atom. The minimum absolute atomic E-state index is 0.0651. The van der Waals surface area contributed by atoms with Gasteiger partial charge in [-0.1, -0.05) is 0 Å². The lowest BCUT2D eigenvalue weighted by Crippen LogP contribution is -2.43. The van der Waals surface area contributed by atoms with E-state index in [4.69, 9.17) is 10.2 Å². The van der Waals surface area contributed by atoms with E-state index in [1.807, 2.05) is 39.8 Å². The molecule has 0 spiro atoms. The molecule has 0 atom stereocenters. The molecule has 0 aliphatic rings. The highest BCUT2D eigenvalue weighted by molar-refractivity contribution is 5.90. The number of primary amides is 1. The first-order chi connectivity index (χ1) is 10.3. The second kappa shape index (κ2) is 6.22. The summed E-state index contributed by atoms with van der Waals surface area (Å²) in [6.07, 6.45) is 1.81. The van der Waals surface area contributed by atoms with Crippen molar-refractivity contribution < 1.29 is 14.0 Å². The predicted molar refractivity (Wildman–Crippen MR) is 85.4 cm³/mol. The van der Waals surface area contributed by atoms with Crippen molar-refractivity contribution in [1.82, 2.24) is 4.90 Å². The van der Waals surface area contributed by atoms with Crippen molar-refractivity contribution in [3.63, 3.8) is 0 Å². The minimum atomic E-state index is -0.509. The van der Waals surface area contributed by atoms with Crippen LogP contribution in [0.1, 0.15) is 30.5 Å².